The lowest BCUT2D eigenvalue weighted by atomic mass is 9.76. The molecule has 0 saturated carbocycles. The van der Waals surface area contributed by atoms with Crippen molar-refractivity contribution in [2.45, 2.75) is 98.6 Å². The van der Waals surface area contributed by atoms with Crippen molar-refractivity contribution in [2.75, 3.05) is 12.3 Å². The number of hydrogen-bond acceptors (Lipinski definition) is 8. The fourth-order valence-corrected chi connectivity index (χ4v) is 3.96. The Morgan fingerprint density at radius 3 is 1.46 bits per heavy atom. The molecule has 0 amide bonds. The van der Waals surface area contributed by atoms with E-state index in [9.17, 15) is 10.1 Å². The Balaban J connectivity index is 0.000000250. The molecule has 214 valence electrons. The van der Waals surface area contributed by atoms with E-state index in [1.54, 1.807) is 19.9 Å². The topological polar surface area (TPSA) is 126 Å². The van der Waals surface area contributed by atoms with Gasteiger partial charge in [0.1, 0.15) is 0 Å². The predicted molar refractivity (Wildman–Crippen MR) is 158 cm³/mol. The lowest BCUT2D eigenvalue weighted by Crippen LogP contribution is -2.41. The Morgan fingerprint density at radius 2 is 1.10 bits per heavy atom. The molecule has 0 aliphatic carbocycles. The molecule has 2 saturated heterocycles. The fourth-order valence-electron chi connectivity index (χ4n) is 3.96. The fraction of sp³-hybridized carbons (Fsp3) is 0.571. The second-order valence-corrected chi connectivity index (χ2v) is 11.8. The summed E-state index contributed by atoms with van der Waals surface area (Å²) in [5.74, 6) is 0. The first-order valence-corrected chi connectivity index (χ1v) is 13.2. The molecule has 4 rings (SSSR count). The molecule has 0 spiro atoms. The van der Waals surface area contributed by atoms with Gasteiger partial charge >= 0.3 is 14.2 Å². The van der Waals surface area contributed by atoms with E-state index in [2.05, 4.69) is 27.7 Å². The van der Waals surface area contributed by atoms with Gasteiger partial charge in [-0.05, 0) is 98.7 Å². The number of nitrogens with zero attached hydrogens (tertiary/aromatic N) is 1. The average Bonchev–Trinajstić information content (AvgIpc) is 3.15. The lowest BCUT2D eigenvalue weighted by molar-refractivity contribution is -0.385. The summed E-state index contributed by atoms with van der Waals surface area (Å²) in [4.78, 5) is 10.6. The maximum Gasteiger partial charge on any atom is 0.495 e. The van der Waals surface area contributed by atoms with E-state index in [1.807, 2.05) is 58.9 Å². The Labute approximate surface area is 233 Å². The number of rotatable bonds is 3. The SMILES string of the molecule is CCO.Cc1c(B2OC(C)(C)C(C)(C)O2)cccc1[N+](=O)[O-].Cc1c(N)cccc1B1OC(C)(C)C(C)(C)O1. The molecule has 2 aromatic rings. The van der Waals surface area contributed by atoms with Gasteiger partial charge in [0.25, 0.3) is 5.69 Å². The van der Waals surface area contributed by atoms with Crippen LogP contribution in [0.4, 0.5) is 11.4 Å². The van der Waals surface area contributed by atoms with E-state index in [1.165, 1.54) is 6.07 Å². The zero-order valence-electron chi connectivity index (χ0n) is 25.2. The van der Waals surface area contributed by atoms with Crippen molar-refractivity contribution < 1.29 is 28.6 Å². The van der Waals surface area contributed by atoms with Crippen LogP contribution in [0, 0.1) is 24.0 Å². The van der Waals surface area contributed by atoms with Crippen molar-refractivity contribution in [2.24, 2.45) is 0 Å². The normalized spacial score (nSPS) is 20.0. The molecule has 11 heteroatoms. The Bertz CT molecular complexity index is 1140. The Morgan fingerprint density at radius 1 is 0.769 bits per heavy atom. The number of hydrogen-bond donors (Lipinski definition) is 2. The summed E-state index contributed by atoms with van der Waals surface area (Å²) in [6.45, 7) is 21.7. The first kappa shape index (κ1) is 32.8. The summed E-state index contributed by atoms with van der Waals surface area (Å²) in [5.41, 5.74) is 8.61. The maximum absolute atomic E-state index is 11.0. The van der Waals surface area contributed by atoms with Crippen LogP contribution in [0.1, 0.15) is 73.4 Å². The van der Waals surface area contributed by atoms with Crippen LogP contribution in [0.25, 0.3) is 0 Å². The second kappa shape index (κ2) is 12.0. The third-order valence-corrected chi connectivity index (χ3v) is 7.98. The summed E-state index contributed by atoms with van der Waals surface area (Å²) < 4.78 is 23.9. The van der Waals surface area contributed by atoms with Crippen molar-refractivity contribution in [1.29, 1.82) is 0 Å². The van der Waals surface area contributed by atoms with Crippen molar-refractivity contribution >= 4 is 36.5 Å². The van der Waals surface area contributed by atoms with E-state index in [4.69, 9.17) is 29.5 Å². The number of nitro groups is 1. The molecule has 0 atom stereocenters. The van der Waals surface area contributed by atoms with Crippen LogP contribution >= 0.6 is 0 Å². The smallest absolute Gasteiger partial charge is 0.399 e. The predicted octanol–water partition coefficient (Wildman–Crippen LogP) is 4.08. The van der Waals surface area contributed by atoms with Crippen LogP contribution in [-0.4, -0.2) is 53.3 Å². The molecule has 0 bridgehead atoms. The molecule has 2 heterocycles. The van der Waals surface area contributed by atoms with Gasteiger partial charge in [0.15, 0.2) is 0 Å². The first-order valence-electron chi connectivity index (χ1n) is 13.2. The summed E-state index contributed by atoms with van der Waals surface area (Å²) >= 11 is 0. The molecule has 0 radical (unpaired) electrons. The zero-order chi connectivity index (χ0) is 30.0. The van der Waals surface area contributed by atoms with Crippen molar-refractivity contribution in [3.63, 3.8) is 0 Å². The van der Waals surface area contributed by atoms with Gasteiger partial charge in [-0.3, -0.25) is 10.1 Å². The number of aliphatic hydroxyl groups excluding tert-OH is 1. The van der Waals surface area contributed by atoms with Crippen LogP contribution in [0.5, 0.6) is 0 Å². The highest BCUT2D eigenvalue weighted by atomic mass is 16.7. The highest BCUT2D eigenvalue weighted by molar-refractivity contribution is 6.63. The highest BCUT2D eigenvalue weighted by Gasteiger charge is 2.53. The van der Waals surface area contributed by atoms with Crippen LogP contribution in [0.3, 0.4) is 0 Å². The van der Waals surface area contributed by atoms with E-state index in [0.29, 0.717) is 11.0 Å². The third kappa shape index (κ3) is 7.02. The van der Waals surface area contributed by atoms with Gasteiger partial charge in [-0.25, -0.2) is 0 Å². The Kier molecular flexibility index (Phi) is 10.1. The van der Waals surface area contributed by atoms with Crippen molar-refractivity contribution in [3.8, 4) is 0 Å². The first-order chi connectivity index (χ1) is 17.8. The molecule has 2 fully saturated rings. The summed E-state index contributed by atoms with van der Waals surface area (Å²) in [5, 5.41) is 18.5. The van der Waals surface area contributed by atoms with Crippen LogP contribution in [-0.2, 0) is 18.6 Å². The second-order valence-electron chi connectivity index (χ2n) is 11.8. The summed E-state index contributed by atoms with van der Waals surface area (Å²) in [7, 11) is -0.895. The van der Waals surface area contributed by atoms with Gasteiger partial charge in [0, 0.05) is 23.9 Å². The van der Waals surface area contributed by atoms with Crippen molar-refractivity contribution in [3.05, 3.63) is 57.6 Å². The zero-order valence-corrected chi connectivity index (χ0v) is 25.2. The number of aliphatic hydroxyl groups is 1. The van der Waals surface area contributed by atoms with Gasteiger partial charge in [0.05, 0.1) is 27.3 Å². The molecule has 2 aliphatic heterocycles. The molecular weight excluding hydrogens is 498 g/mol. The number of nitro benzene ring substituents is 1. The van der Waals surface area contributed by atoms with Crippen LogP contribution in [0.2, 0.25) is 0 Å². The van der Waals surface area contributed by atoms with Gasteiger partial charge in [-0.1, -0.05) is 24.3 Å². The molecule has 3 N–H and O–H groups in total. The van der Waals surface area contributed by atoms with E-state index >= 15 is 0 Å². The molecule has 2 aromatic carbocycles. The molecule has 0 unspecified atom stereocenters. The van der Waals surface area contributed by atoms with Gasteiger partial charge in [-0.2, -0.15) is 0 Å². The monoisotopic (exact) mass is 542 g/mol. The maximum atomic E-state index is 11.0. The number of benzene rings is 2. The van der Waals surface area contributed by atoms with Crippen molar-refractivity contribution in [1.82, 2.24) is 0 Å². The lowest BCUT2D eigenvalue weighted by Gasteiger charge is -2.32. The number of nitrogen functional groups attached to an aromatic ring is 1. The molecule has 9 nitrogen and oxygen atoms in total. The van der Waals surface area contributed by atoms with E-state index in [0.717, 1.165) is 16.7 Å². The minimum Gasteiger partial charge on any atom is -0.399 e. The third-order valence-electron chi connectivity index (χ3n) is 7.98. The molecule has 39 heavy (non-hydrogen) atoms. The van der Waals surface area contributed by atoms with E-state index < -0.39 is 18.3 Å². The largest absolute Gasteiger partial charge is 0.495 e. The van der Waals surface area contributed by atoms with Crippen LogP contribution < -0.4 is 16.7 Å². The number of nitrogens with two attached hydrogens (primary N) is 1. The summed E-state index contributed by atoms with van der Waals surface area (Å²) in [6.07, 6.45) is 0. The minimum atomic E-state index is -0.565. The molecular formula is C28H44B2N2O7. The van der Waals surface area contributed by atoms with E-state index in [-0.39, 0.29) is 35.5 Å². The number of anilines is 1. The Hall–Kier alpha value is -2.43. The quantitative estimate of drug-likeness (QED) is 0.257. The standard InChI is InChI=1S/C13H18BNO4.C13H20BNO2.C2H6O/c1-9-10(7-6-8-11(9)15(16)17)14-18-12(2,3)13(4,5)19-14;1-9-10(7-6-8-11(9)15)14-16-12(2,3)13(4,5)17-14;1-2-3/h6-8H,1-5H3;6-8H,15H2,1-5H3;3H,2H2,1H3. The van der Waals surface area contributed by atoms with Crippen LogP contribution in [0.15, 0.2) is 36.4 Å². The molecule has 2 aliphatic rings. The van der Waals surface area contributed by atoms with Gasteiger partial charge < -0.3 is 29.5 Å². The highest BCUT2D eigenvalue weighted by Crippen LogP contribution is 2.38. The minimum absolute atomic E-state index is 0.0900. The summed E-state index contributed by atoms with van der Waals surface area (Å²) in [6, 6.07) is 10.8. The molecule has 0 aromatic heterocycles. The average molecular weight is 542 g/mol. The van der Waals surface area contributed by atoms with Gasteiger partial charge in [0.2, 0.25) is 0 Å². The van der Waals surface area contributed by atoms with Gasteiger partial charge in [-0.15, -0.1) is 0 Å².